The van der Waals surface area contributed by atoms with E-state index in [-0.39, 0.29) is 5.66 Å². The van der Waals surface area contributed by atoms with Crippen LogP contribution in [-0.4, -0.2) is 12.8 Å². The van der Waals surface area contributed by atoms with Crippen molar-refractivity contribution in [2.75, 3.05) is 7.11 Å². The predicted octanol–water partition coefficient (Wildman–Crippen LogP) is 1.52. The van der Waals surface area contributed by atoms with Crippen LogP contribution in [0, 0.1) is 0 Å². The molecule has 0 fully saturated rings. The van der Waals surface area contributed by atoms with Gasteiger partial charge in [0, 0.05) is 12.8 Å². The second-order valence-electron chi connectivity index (χ2n) is 1.68. The van der Waals surface area contributed by atoms with Gasteiger partial charge >= 0.3 is 0 Å². The molecule has 0 N–H and O–H groups in total. The quantitative estimate of drug-likeness (QED) is 0.519. The third kappa shape index (κ3) is 2.84. The zero-order valence-corrected chi connectivity index (χ0v) is 5.89. The van der Waals surface area contributed by atoms with Gasteiger partial charge < -0.3 is 4.52 Å². The van der Waals surface area contributed by atoms with E-state index in [1.807, 2.05) is 13.8 Å². The molecule has 0 aromatic heterocycles. The Kier molecular flexibility index (Phi) is 3.31. The van der Waals surface area contributed by atoms with E-state index in [4.69, 9.17) is 0 Å². The summed E-state index contributed by atoms with van der Waals surface area (Å²) >= 11 is 0. The highest BCUT2D eigenvalue weighted by Crippen LogP contribution is 2.26. The van der Waals surface area contributed by atoms with Crippen molar-refractivity contribution < 1.29 is 9.09 Å². The Hall–Kier alpha value is 0.190. The normalized spacial score (nSPS) is 14.9. The summed E-state index contributed by atoms with van der Waals surface area (Å²) in [5.74, 6) is 0. The zero-order valence-electron chi connectivity index (χ0n) is 4.89. The lowest BCUT2D eigenvalue weighted by molar-refractivity contribution is 0.408. The largest absolute Gasteiger partial charge is 0.334 e. The standard InChI is InChI=1S/C4H11O2P/c1-4(2)7(5)6-3/h4,7H,1-3H3. The van der Waals surface area contributed by atoms with Gasteiger partial charge in [-0.2, -0.15) is 0 Å². The molecule has 0 aliphatic heterocycles. The molecule has 0 aromatic rings. The lowest BCUT2D eigenvalue weighted by Gasteiger charge is -1.99. The van der Waals surface area contributed by atoms with Crippen LogP contribution < -0.4 is 0 Å². The summed E-state index contributed by atoms with van der Waals surface area (Å²) in [5, 5.41) is 0. The minimum absolute atomic E-state index is 0.190. The van der Waals surface area contributed by atoms with Crippen LogP contribution in [0.25, 0.3) is 0 Å². The Morgan fingerprint density at radius 1 is 1.57 bits per heavy atom. The van der Waals surface area contributed by atoms with Crippen LogP contribution in [-0.2, 0) is 9.09 Å². The second kappa shape index (κ2) is 3.23. The molecule has 3 heteroatoms. The van der Waals surface area contributed by atoms with Gasteiger partial charge in [0.1, 0.15) is 0 Å². The van der Waals surface area contributed by atoms with Gasteiger partial charge in [0.2, 0.25) is 0 Å². The number of hydrogen-bond acceptors (Lipinski definition) is 2. The first-order chi connectivity index (χ1) is 3.18. The van der Waals surface area contributed by atoms with Crippen molar-refractivity contribution in [3.05, 3.63) is 0 Å². The zero-order chi connectivity index (χ0) is 5.86. The molecule has 0 saturated carbocycles. The van der Waals surface area contributed by atoms with E-state index in [0.717, 1.165) is 0 Å². The molecule has 1 unspecified atom stereocenters. The minimum Gasteiger partial charge on any atom is -0.334 e. The molecule has 0 bridgehead atoms. The number of rotatable bonds is 2. The first-order valence-corrected chi connectivity index (χ1v) is 3.65. The van der Waals surface area contributed by atoms with Gasteiger partial charge in [-0.05, 0) is 0 Å². The van der Waals surface area contributed by atoms with E-state index >= 15 is 0 Å². The molecule has 0 spiro atoms. The van der Waals surface area contributed by atoms with Crippen LogP contribution in [0.15, 0.2) is 0 Å². The predicted molar refractivity (Wildman–Crippen MR) is 31.1 cm³/mol. The second-order valence-corrected chi connectivity index (χ2v) is 3.88. The Morgan fingerprint density at radius 2 is 2.00 bits per heavy atom. The van der Waals surface area contributed by atoms with E-state index in [1.54, 1.807) is 0 Å². The Balaban J connectivity index is 3.35. The van der Waals surface area contributed by atoms with Crippen LogP contribution in [0.2, 0.25) is 0 Å². The van der Waals surface area contributed by atoms with E-state index in [1.165, 1.54) is 7.11 Å². The summed E-state index contributed by atoms with van der Waals surface area (Å²) in [6, 6.07) is 0. The van der Waals surface area contributed by atoms with Gasteiger partial charge in [0.05, 0.1) is 0 Å². The summed E-state index contributed by atoms with van der Waals surface area (Å²) in [4.78, 5) is 0. The maximum Gasteiger partial charge on any atom is 0.193 e. The molecular formula is C4H11O2P. The maximum absolute atomic E-state index is 10.5. The van der Waals surface area contributed by atoms with E-state index in [9.17, 15) is 4.57 Å². The van der Waals surface area contributed by atoms with Crippen molar-refractivity contribution in [3.8, 4) is 0 Å². The lowest BCUT2D eigenvalue weighted by atomic mass is 10.6. The summed E-state index contributed by atoms with van der Waals surface area (Å²) in [5.41, 5.74) is 0.190. The fourth-order valence-corrected chi connectivity index (χ4v) is 0.707. The Morgan fingerprint density at radius 3 is 2.00 bits per heavy atom. The first-order valence-electron chi connectivity index (χ1n) is 2.26. The van der Waals surface area contributed by atoms with Crippen LogP contribution in [0.4, 0.5) is 0 Å². The van der Waals surface area contributed by atoms with Gasteiger partial charge in [0.25, 0.3) is 0 Å². The SMILES string of the molecule is CO[PH](=O)C(C)C. The van der Waals surface area contributed by atoms with Crippen molar-refractivity contribution in [3.63, 3.8) is 0 Å². The molecule has 44 valence electrons. The van der Waals surface area contributed by atoms with Gasteiger partial charge in [-0.3, -0.25) is 4.57 Å². The molecule has 0 heterocycles. The Labute approximate surface area is 44.7 Å². The minimum atomic E-state index is -1.70. The molecule has 2 nitrogen and oxygen atoms in total. The Bertz CT molecular complexity index is 70.1. The summed E-state index contributed by atoms with van der Waals surface area (Å²) < 4.78 is 15.0. The van der Waals surface area contributed by atoms with Gasteiger partial charge in [-0.15, -0.1) is 0 Å². The average Bonchev–Trinajstić information content (AvgIpc) is 1.65. The van der Waals surface area contributed by atoms with E-state index < -0.39 is 8.03 Å². The van der Waals surface area contributed by atoms with Crippen molar-refractivity contribution >= 4 is 8.03 Å². The molecule has 0 rings (SSSR count). The van der Waals surface area contributed by atoms with Crippen molar-refractivity contribution in [2.24, 2.45) is 0 Å². The first kappa shape index (κ1) is 7.19. The molecule has 0 aromatic carbocycles. The molecule has 0 saturated heterocycles. The van der Waals surface area contributed by atoms with Crippen molar-refractivity contribution in [1.29, 1.82) is 0 Å². The van der Waals surface area contributed by atoms with Crippen molar-refractivity contribution in [2.45, 2.75) is 19.5 Å². The molecule has 0 aliphatic carbocycles. The summed E-state index contributed by atoms with van der Waals surface area (Å²) in [6.45, 7) is 3.76. The molecular weight excluding hydrogens is 111 g/mol. The highest BCUT2D eigenvalue weighted by molar-refractivity contribution is 7.39. The average molecular weight is 122 g/mol. The highest BCUT2D eigenvalue weighted by Gasteiger charge is 1.99. The van der Waals surface area contributed by atoms with E-state index in [2.05, 4.69) is 4.52 Å². The molecule has 0 aliphatic rings. The van der Waals surface area contributed by atoms with E-state index in [0.29, 0.717) is 0 Å². The van der Waals surface area contributed by atoms with Gasteiger partial charge in [-0.25, -0.2) is 0 Å². The molecule has 7 heavy (non-hydrogen) atoms. The maximum atomic E-state index is 10.5. The third-order valence-corrected chi connectivity index (χ3v) is 2.02. The molecule has 0 amide bonds. The van der Waals surface area contributed by atoms with Crippen LogP contribution >= 0.6 is 8.03 Å². The third-order valence-electron chi connectivity index (χ3n) is 0.673. The van der Waals surface area contributed by atoms with Gasteiger partial charge in [0.15, 0.2) is 8.03 Å². The topological polar surface area (TPSA) is 26.3 Å². The van der Waals surface area contributed by atoms with Gasteiger partial charge in [-0.1, -0.05) is 13.8 Å². The van der Waals surface area contributed by atoms with Crippen LogP contribution in [0.5, 0.6) is 0 Å². The van der Waals surface area contributed by atoms with Crippen LogP contribution in [0.1, 0.15) is 13.8 Å². The highest BCUT2D eigenvalue weighted by atomic mass is 31.1. The molecule has 1 atom stereocenters. The summed E-state index contributed by atoms with van der Waals surface area (Å²) in [6.07, 6.45) is 0. The summed E-state index contributed by atoms with van der Waals surface area (Å²) in [7, 11) is -0.222. The fraction of sp³-hybridized carbons (Fsp3) is 1.00. The van der Waals surface area contributed by atoms with Crippen LogP contribution in [0.3, 0.4) is 0 Å². The number of hydrogen-bond donors (Lipinski definition) is 0. The van der Waals surface area contributed by atoms with Crippen molar-refractivity contribution in [1.82, 2.24) is 0 Å². The molecule has 0 radical (unpaired) electrons. The lowest BCUT2D eigenvalue weighted by Crippen LogP contribution is -1.85. The smallest absolute Gasteiger partial charge is 0.193 e. The fourth-order valence-electron chi connectivity index (χ4n) is 0.236. The monoisotopic (exact) mass is 122 g/mol.